The van der Waals surface area contributed by atoms with E-state index in [9.17, 15) is 0 Å². The molecule has 25 heavy (non-hydrogen) atoms. The lowest BCUT2D eigenvalue weighted by Gasteiger charge is -2.17. The third kappa shape index (κ3) is 9.86. The standard InChI is InChI=1S/C18H32N4O2.HI/c1-15-7-8-16(17(13-15)24-5)14-21-18(19-2)20-9-6-10-22(3)11-12-23-4;/h7-8,13H,6,9-12,14H2,1-5H3,(H2,19,20,21);1H. The highest BCUT2D eigenvalue weighted by atomic mass is 127. The van der Waals surface area contributed by atoms with Crippen LogP contribution in [-0.4, -0.2) is 65.4 Å². The van der Waals surface area contributed by atoms with Crippen LogP contribution in [0.25, 0.3) is 0 Å². The Morgan fingerprint density at radius 2 is 1.96 bits per heavy atom. The fraction of sp³-hybridized carbons (Fsp3) is 0.611. The van der Waals surface area contributed by atoms with Crippen LogP contribution in [0.2, 0.25) is 0 Å². The molecule has 0 aliphatic rings. The number of likely N-dealkylation sites (N-methyl/N-ethyl adjacent to an activating group) is 1. The summed E-state index contributed by atoms with van der Waals surface area (Å²) in [5, 5.41) is 6.67. The molecule has 0 saturated heterocycles. The molecular formula is C18H33IN4O2. The maximum Gasteiger partial charge on any atom is 0.191 e. The van der Waals surface area contributed by atoms with E-state index in [1.165, 1.54) is 5.56 Å². The summed E-state index contributed by atoms with van der Waals surface area (Å²) in [5.74, 6) is 1.70. The van der Waals surface area contributed by atoms with Crippen LogP contribution in [0, 0.1) is 6.92 Å². The third-order valence-corrected chi connectivity index (χ3v) is 3.80. The first-order valence-electron chi connectivity index (χ1n) is 8.36. The molecule has 0 radical (unpaired) electrons. The van der Waals surface area contributed by atoms with E-state index in [2.05, 4.69) is 46.6 Å². The molecule has 1 aromatic rings. The van der Waals surface area contributed by atoms with Gasteiger partial charge in [0.15, 0.2) is 5.96 Å². The average molecular weight is 464 g/mol. The summed E-state index contributed by atoms with van der Waals surface area (Å²) < 4.78 is 10.5. The van der Waals surface area contributed by atoms with Crippen LogP contribution in [0.5, 0.6) is 5.75 Å². The Kier molecular flexibility index (Phi) is 13.5. The van der Waals surface area contributed by atoms with E-state index in [1.54, 1.807) is 21.3 Å². The fourth-order valence-electron chi connectivity index (χ4n) is 2.31. The number of rotatable bonds is 10. The molecule has 0 fully saturated rings. The highest BCUT2D eigenvalue weighted by Crippen LogP contribution is 2.19. The van der Waals surface area contributed by atoms with Gasteiger partial charge in [0.25, 0.3) is 0 Å². The minimum absolute atomic E-state index is 0. The quantitative estimate of drug-likeness (QED) is 0.241. The number of ether oxygens (including phenoxy) is 2. The number of methoxy groups -OCH3 is 2. The third-order valence-electron chi connectivity index (χ3n) is 3.80. The Hall–Kier alpha value is -1.06. The number of hydrogen-bond donors (Lipinski definition) is 2. The van der Waals surface area contributed by atoms with Gasteiger partial charge in [-0.1, -0.05) is 12.1 Å². The molecule has 0 aliphatic heterocycles. The highest BCUT2D eigenvalue weighted by Gasteiger charge is 2.05. The van der Waals surface area contributed by atoms with Gasteiger partial charge >= 0.3 is 0 Å². The second kappa shape index (κ2) is 14.1. The van der Waals surface area contributed by atoms with Gasteiger partial charge in [-0.15, -0.1) is 24.0 Å². The number of halogens is 1. The van der Waals surface area contributed by atoms with Crippen LogP contribution in [-0.2, 0) is 11.3 Å². The predicted molar refractivity (Wildman–Crippen MR) is 115 cm³/mol. The molecular weight excluding hydrogens is 431 g/mol. The fourth-order valence-corrected chi connectivity index (χ4v) is 2.31. The van der Waals surface area contributed by atoms with E-state index in [0.29, 0.717) is 6.54 Å². The van der Waals surface area contributed by atoms with Gasteiger partial charge in [-0.25, -0.2) is 0 Å². The van der Waals surface area contributed by atoms with Crippen molar-refractivity contribution in [2.24, 2.45) is 4.99 Å². The van der Waals surface area contributed by atoms with E-state index in [1.807, 2.05) is 6.07 Å². The summed E-state index contributed by atoms with van der Waals surface area (Å²) in [4.78, 5) is 6.52. The number of aliphatic imine (C=N–C) groups is 1. The van der Waals surface area contributed by atoms with Gasteiger partial charge in [-0.3, -0.25) is 4.99 Å². The second-order valence-electron chi connectivity index (χ2n) is 5.82. The summed E-state index contributed by atoms with van der Waals surface area (Å²) >= 11 is 0. The maximum atomic E-state index is 5.43. The second-order valence-corrected chi connectivity index (χ2v) is 5.82. The van der Waals surface area contributed by atoms with Crippen molar-refractivity contribution in [3.8, 4) is 5.75 Å². The van der Waals surface area contributed by atoms with Gasteiger partial charge in [-0.2, -0.15) is 0 Å². The van der Waals surface area contributed by atoms with Crippen molar-refractivity contribution in [2.45, 2.75) is 19.9 Å². The SMILES string of the molecule is CN=C(NCCCN(C)CCOC)NCc1ccc(C)cc1OC.I. The first-order chi connectivity index (χ1) is 11.6. The molecule has 1 aromatic carbocycles. The van der Waals surface area contributed by atoms with Crippen molar-refractivity contribution in [1.29, 1.82) is 0 Å². The van der Waals surface area contributed by atoms with Crippen molar-refractivity contribution >= 4 is 29.9 Å². The minimum atomic E-state index is 0. The normalized spacial score (nSPS) is 11.2. The number of hydrogen-bond acceptors (Lipinski definition) is 4. The highest BCUT2D eigenvalue weighted by molar-refractivity contribution is 14.0. The molecule has 0 amide bonds. The zero-order valence-corrected chi connectivity index (χ0v) is 18.4. The lowest BCUT2D eigenvalue weighted by atomic mass is 10.1. The van der Waals surface area contributed by atoms with E-state index in [0.717, 1.165) is 49.9 Å². The van der Waals surface area contributed by atoms with Crippen LogP contribution < -0.4 is 15.4 Å². The lowest BCUT2D eigenvalue weighted by Crippen LogP contribution is -2.38. The summed E-state index contributed by atoms with van der Waals surface area (Å²) in [6, 6.07) is 6.22. The molecule has 0 bridgehead atoms. The van der Waals surface area contributed by atoms with Crippen LogP contribution in [0.4, 0.5) is 0 Å². The van der Waals surface area contributed by atoms with Gasteiger partial charge in [-0.05, 0) is 38.6 Å². The largest absolute Gasteiger partial charge is 0.496 e. The van der Waals surface area contributed by atoms with Crippen LogP contribution in [0.3, 0.4) is 0 Å². The van der Waals surface area contributed by atoms with Crippen molar-refractivity contribution in [3.63, 3.8) is 0 Å². The number of nitrogens with zero attached hydrogens (tertiary/aromatic N) is 2. The molecule has 0 aromatic heterocycles. The van der Waals surface area contributed by atoms with E-state index >= 15 is 0 Å². The molecule has 0 heterocycles. The predicted octanol–water partition coefficient (Wildman–Crippen LogP) is 2.25. The topological polar surface area (TPSA) is 58.1 Å². The summed E-state index contributed by atoms with van der Waals surface area (Å²) in [7, 11) is 7.32. The van der Waals surface area contributed by atoms with E-state index in [4.69, 9.17) is 9.47 Å². The number of guanidine groups is 1. The van der Waals surface area contributed by atoms with Gasteiger partial charge < -0.3 is 25.0 Å². The molecule has 7 heteroatoms. The molecule has 2 N–H and O–H groups in total. The van der Waals surface area contributed by atoms with Crippen LogP contribution in [0.15, 0.2) is 23.2 Å². The van der Waals surface area contributed by atoms with E-state index in [-0.39, 0.29) is 24.0 Å². The smallest absolute Gasteiger partial charge is 0.191 e. The first kappa shape index (κ1) is 23.9. The summed E-state index contributed by atoms with van der Waals surface area (Å²) in [5.41, 5.74) is 2.31. The van der Waals surface area contributed by atoms with Crippen molar-refractivity contribution < 1.29 is 9.47 Å². The maximum absolute atomic E-state index is 5.43. The minimum Gasteiger partial charge on any atom is -0.496 e. The molecule has 0 saturated carbocycles. The number of benzene rings is 1. The number of nitrogens with one attached hydrogen (secondary N) is 2. The molecule has 0 atom stereocenters. The van der Waals surface area contributed by atoms with Crippen LogP contribution >= 0.6 is 24.0 Å². The molecule has 0 aliphatic carbocycles. The Bertz CT molecular complexity index is 512. The average Bonchev–Trinajstić information content (AvgIpc) is 2.60. The van der Waals surface area contributed by atoms with E-state index < -0.39 is 0 Å². The van der Waals surface area contributed by atoms with Gasteiger partial charge in [0.05, 0.1) is 13.7 Å². The van der Waals surface area contributed by atoms with Crippen molar-refractivity contribution in [1.82, 2.24) is 15.5 Å². The summed E-state index contributed by atoms with van der Waals surface area (Å²) in [6.45, 7) is 6.37. The molecule has 6 nitrogen and oxygen atoms in total. The summed E-state index contributed by atoms with van der Waals surface area (Å²) in [6.07, 6.45) is 1.05. The Balaban J connectivity index is 0.00000576. The lowest BCUT2D eigenvalue weighted by molar-refractivity contribution is 0.161. The van der Waals surface area contributed by atoms with Crippen molar-refractivity contribution in [3.05, 3.63) is 29.3 Å². The zero-order valence-electron chi connectivity index (χ0n) is 16.1. The molecule has 0 spiro atoms. The molecule has 1 rings (SSSR count). The number of aryl methyl sites for hydroxylation is 1. The molecule has 0 unspecified atom stereocenters. The van der Waals surface area contributed by atoms with Gasteiger partial charge in [0, 0.05) is 39.4 Å². The monoisotopic (exact) mass is 464 g/mol. The Labute approximate surface area is 169 Å². The zero-order chi connectivity index (χ0) is 17.8. The Morgan fingerprint density at radius 3 is 2.60 bits per heavy atom. The van der Waals surface area contributed by atoms with Crippen molar-refractivity contribution in [2.75, 3.05) is 54.6 Å². The Morgan fingerprint density at radius 1 is 1.20 bits per heavy atom. The van der Waals surface area contributed by atoms with Crippen LogP contribution in [0.1, 0.15) is 17.5 Å². The van der Waals surface area contributed by atoms with Gasteiger partial charge in [0.1, 0.15) is 5.75 Å². The van der Waals surface area contributed by atoms with Gasteiger partial charge in [0.2, 0.25) is 0 Å². The first-order valence-corrected chi connectivity index (χ1v) is 8.36. The molecule has 144 valence electrons.